The van der Waals surface area contributed by atoms with Crippen LogP contribution in [0.3, 0.4) is 0 Å². The minimum absolute atomic E-state index is 0.783. The first kappa shape index (κ1) is 17.1. The Labute approximate surface area is 146 Å². The Hall–Kier alpha value is -1.70. The highest BCUT2D eigenvalue weighted by molar-refractivity contribution is 5.25. The maximum Gasteiger partial charge on any atom is 0.125 e. The summed E-state index contributed by atoms with van der Waals surface area (Å²) in [7, 11) is 0. The van der Waals surface area contributed by atoms with Crippen molar-refractivity contribution in [3.63, 3.8) is 0 Å². The number of nitrogens with zero attached hydrogens (tertiary/aromatic N) is 2. The molecule has 1 fully saturated rings. The lowest BCUT2D eigenvalue weighted by Crippen LogP contribution is -2.20. The number of hydrogen-bond donors (Lipinski definition) is 0. The highest BCUT2D eigenvalue weighted by Gasteiger charge is 2.24. The Balaban J connectivity index is 1.66. The van der Waals surface area contributed by atoms with Gasteiger partial charge in [0.1, 0.15) is 5.82 Å². The van der Waals surface area contributed by atoms with Gasteiger partial charge in [0.2, 0.25) is 0 Å². The van der Waals surface area contributed by atoms with E-state index in [1.165, 1.54) is 54.6 Å². The molecule has 24 heavy (non-hydrogen) atoms. The van der Waals surface area contributed by atoms with E-state index in [1.54, 1.807) is 0 Å². The van der Waals surface area contributed by atoms with Crippen LogP contribution < -0.4 is 0 Å². The molecule has 2 heteroatoms. The van der Waals surface area contributed by atoms with Gasteiger partial charge in [0.25, 0.3) is 0 Å². The van der Waals surface area contributed by atoms with Crippen LogP contribution in [0.5, 0.6) is 0 Å². The molecule has 0 bridgehead atoms. The van der Waals surface area contributed by atoms with Gasteiger partial charge in [-0.3, -0.25) is 0 Å². The summed E-state index contributed by atoms with van der Waals surface area (Å²) in [5.41, 5.74) is 5.35. The van der Waals surface area contributed by atoms with E-state index in [9.17, 15) is 0 Å². The highest BCUT2D eigenvalue weighted by Crippen LogP contribution is 2.33. The molecule has 0 spiro atoms. The van der Waals surface area contributed by atoms with Crippen LogP contribution in [0.4, 0.5) is 0 Å². The van der Waals surface area contributed by atoms with Crippen LogP contribution in [-0.2, 0) is 19.3 Å². The molecule has 1 saturated carbocycles. The monoisotopic (exact) mass is 322 g/mol. The van der Waals surface area contributed by atoms with Crippen molar-refractivity contribution in [1.29, 1.82) is 0 Å². The molecule has 1 aliphatic carbocycles. The first-order valence-corrected chi connectivity index (χ1v) is 9.52. The smallest absolute Gasteiger partial charge is 0.125 e. The molecule has 1 heterocycles. The van der Waals surface area contributed by atoms with Crippen molar-refractivity contribution in [2.45, 2.75) is 65.7 Å². The van der Waals surface area contributed by atoms with Gasteiger partial charge in [0.15, 0.2) is 0 Å². The van der Waals surface area contributed by atoms with Gasteiger partial charge in [-0.15, -0.1) is 0 Å². The summed E-state index contributed by atoms with van der Waals surface area (Å²) >= 11 is 0. The Bertz CT molecular complexity index is 663. The average Bonchev–Trinajstić information content (AvgIpc) is 2.59. The second kappa shape index (κ2) is 7.92. The van der Waals surface area contributed by atoms with Gasteiger partial charge in [-0.1, -0.05) is 56.5 Å². The molecule has 2 nitrogen and oxygen atoms in total. The third kappa shape index (κ3) is 4.23. The second-order valence-electron chi connectivity index (χ2n) is 7.44. The number of hydrogen-bond acceptors (Lipinski definition) is 2. The van der Waals surface area contributed by atoms with Crippen LogP contribution in [0.15, 0.2) is 30.3 Å². The fourth-order valence-corrected chi connectivity index (χ4v) is 4.29. The summed E-state index contributed by atoms with van der Waals surface area (Å²) in [5.74, 6) is 2.55. The summed E-state index contributed by atoms with van der Waals surface area (Å²) in [6.45, 7) is 6.42. The van der Waals surface area contributed by atoms with Crippen LogP contribution in [-0.4, -0.2) is 9.97 Å². The van der Waals surface area contributed by atoms with Gasteiger partial charge in [-0.2, -0.15) is 0 Å². The summed E-state index contributed by atoms with van der Waals surface area (Å²) in [5, 5.41) is 0. The summed E-state index contributed by atoms with van der Waals surface area (Å²) in [6.07, 6.45) is 8.82. The largest absolute Gasteiger partial charge is 0.238 e. The molecule has 1 aromatic heterocycles. The molecule has 2 unspecified atom stereocenters. The van der Waals surface area contributed by atoms with Crippen molar-refractivity contribution in [1.82, 2.24) is 9.97 Å². The lowest BCUT2D eigenvalue weighted by molar-refractivity contribution is 0.262. The topological polar surface area (TPSA) is 25.8 Å². The van der Waals surface area contributed by atoms with Crippen molar-refractivity contribution < 1.29 is 0 Å². The highest BCUT2D eigenvalue weighted by atomic mass is 14.9. The minimum Gasteiger partial charge on any atom is -0.238 e. The summed E-state index contributed by atoms with van der Waals surface area (Å²) < 4.78 is 0. The molecule has 2 aromatic rings. The zero-order valence-corrected chi connectivity index (χ0v) is 15.4. The first-order valence-electron chi connectivity index (χ1n) is 9.52. The summed E-state index contributed by atoms with van der Waals surface area (Å²) in [4.78, 5) is 9.38. The van der Waals surface area contributed by atoms with Gasteiger partial charge < -0.3 is 0 Å². The lowest BCUT2D eigenvalue weighted by Gasteiger charge is -2.29. The van der Waals surface area contributed by atoms with Gasteiger partial charge in [0, 0.05) is 11.4 Å². The molecule has 0 aliphatic heterocycles. The van der Waals surface area contributed by atoms with Crippen LogP contribution in [0.2, 0.25) is 0 Å². The van der Waals surface area contributed by atoms with Crippen molar-refractivity contribution >= 4 is 0 Å². The van der Waals surface area contributed by atoms with Crippen molar-refractivity contribution in [2.24, 2.45) is 11.8 Å². The molecule has 3 rings (SSSR count). The molecular weight excluding hydrogens is 292 g/mol. The van der Waals surface area contributed by atoms with E-state index < -0.39 is 0 Å². The zero-order chi connectivity index (χ0) is 16.9. The van der Waals surface area contributed by atoms with E-state index in [2.05, 4.69) is 49.2 Å². The molecule has 128 valence electrons. The maximum absolute atomic E-state index is 4.77. The quantitative estimate of drug-likeness (QED) is 0.751. The Morgan fingerprint density at radius 1 is 0.917 bits per heavy atom. The predicted molar refractivity (Wildman–Crippen MR) is 100 cm³/mol. The second-order valence-corrected chi connectivity index (χ2v) is 7.44. The molecule has 0 N–H and O–H groups in total. The standard InChI is InChI=1S/C22H30N2/c1-4-21-16(2)22(24-17(3)23-21)15-20-12-8-11-19(14-20)13-18-9-6-5-7-10-18/h5-7,9-10,19-20H,4,8,11-15H2,1-3H3. The van der Waals surface area contributed by atoms with Gasteiger partial charge in [-0.05, 0) is 62.5 Å². The van der Waals surface area contributed by atoms with Crippen LogP contribution in [0.1, 0.15) is 60.9 Å². The molecule has 0 saturated heterocycles. The van der Waals surface area contributed by atoms with Crippen LogP contribution >= 0.6 is 0 Å². The maximum atomic E-state index is 4.77. The SMILES string of the molecule is CCc1nc(C)nc(CC2CCCC(Cc3ccccc3)C2)c1C. The first-order chi connectivity index (χ1) is 11.7. The third-order valence-electron chi connectivity index (χ3n) is 5.53. The molecule has 0 radical (unpaired) electrons. The molecule has 1 aromatic carbocycles. The van der Waals surface area contributed by atoms with Crippen molar-refractivity contribution in [3.05, 3.63) is 58.7 Å². The Morgan fingerprint density at radius 3 is 2.29 bits per heavy atom. The summed E-state index contributed by atoms with van der Waals surface area (Å²) in [6, 6.07) is 11.0. The number of rotatable bonds is 5. The minimum atomic E-state index is 0.783. The molecule has 0 amide bonds. The number of benzene rings is 1. The average molecular weight is 322 g/mol. The zero-order valence-electron chi connectivity index (χ0n) is 15.4. The van der Waals surface area contributed by atoms with Gasteiger partial charge in [0.05, 0.1) is 0 Å². The molecular formula is C22H30N2. The van der Waals surface area contributed by atoms with E-state index in [4.69, 9.17) is 4.98 Å². The lowest BCUT2D eigenvalue weighted by atomic mass is 9.76. The number of aryl methyl sites for hydroxylation is 2. The van der Waals surface area contributed by atoms with E-state index >= 15 is 0 Å². The van der Waals surface area contributed by atoms with Crippen molar-refractivity contribution in [3.8, 4) is 0 Å². The van der Waals surface area contributed by atoms with E-state index in [0.717, 1.165) is 30.5 Å². The van der Waals surface area contributed by atoms with E-state index in [-0.39, 0.29) is 0 Å². The Morgan fingerprint density at radius 2 is 1.58 bits per heavy atom. The predicted octanol–water partition coefficient (Wildman–Crippen LogP) is 5.25. The normalized spacial score (nSPS) is 21.0. The fraction of sp³-hybridized carbons (Fsp3) is 0.545. The fourth-order valence-electron chi connectivity index (χ4n) is 4.29. The van der Waals surface area contributed by atoms with Crippen LogP contribution in [0.25, 0.3) is 0 Å². The third-order valence-corrected chi connectivity index (χ3v) is 5.53. The van der Waals surface area contributed by atoms with Gasteiger partial charge in [-0.25, -0.2) is 9.97 Å². The van der Waals surface area contributed by atoms with E-state index in [1.807, 2.05) is 6.92 Å². The number of aromatic nitrogens is 2. The van der Waals surface area contributed by atoms with E-state index in [0.29, 0.717) is 0 Å². The van der Waals surface area contributed by atoms with Crippen LogP contribution in [0, 0.1) is 25.7 Å². The molecule has 1 aliphatic rings. The van der Waals surface area contributed by atoms with Crippen molar-refractivity contribution in [2.75, 3.05) is 0 Å². The Kier molecular flexibility index (Phi) is 5.65. The molecule has 2 atom stereocenters. The van der Waals surface area contributed by atoms with Gasteiger partial charge >= 0.3 is 0 Å².